The lowest BCUT2D eigenvalue weighted by atomic mass is 10.3. The van der Waals surface area contributed by atoms with Crippen molar-refractivity contribution in [3.05, 3.63) is 39.8 Å². The number of halogens is 1. The Kier molecular flexibility index (Phi) is 2.70. The minimum Gasteiger partial charge on any atom is -0.395 e. The zero-order valence-corrected chi connectivity index (χ0v) is 8.61. The number of benzene rings is 1. The lowest BCUT2D eigenvalue weighted by Crippen LogP contribution is -2.23. The van der Waals surface area contributed by atoms with Gasteiger partial charge in [-0.15, -0.1) is 0 Å². The third kappa shape index (κ3) is 1.73. The van der Waals surface area contributed by atoms with Gasteiger partial charge >= 0.3 is 0 Å². The van der Waals surface area contributed by atoms with Crippen molar-refractivity contribution in [1.82, 2.24) is 9.55 Å². The van der Waals surface area contributed by atoms with Crippen LogP contribution in [0.5, 0.6) is 0 Å². The highest BCUT2D eigenvalue weighted by molar-refractivity contribution is 6.29. The van der Waals surface area contributed by atoms with Crippen molar-refractivity contribution in [3.63, 3.8) is 0 Å². The smallest absolute Gasteiger partial charge is 0.288 e. The number of para-hydroxylation sites is 2. The first-order valence-electron chi connectivity index (χ1n) is 4.50. The highest BCUT2D eigenvalue weighted by Gasteiger charge is 2.07. The molecule has 0 saturated heterocycles. The minimum atomic E-state index is -0.371. The van der Waals surface area contributed by atoms with E-state index in [2.05, 4.69) is 4.98 Å². The lowest BCUT2D eigenvalue weighted by Gasteiger charge is -2.07. The Hall–Kier alpha value is -1.39. The number of aliphatic hydroxyl groups is 1. The Bertz CT molecular complexity index is 551. The van der Waals surface area contributed by atoms with Crippen LogP contribution in [-0.4, -0.2) is 21.3 Å². The van der Waals surface area contributed by atoms with Gasteiger partial charge in [0, 0.05) is 6.54 Å². The number of nitrogens with zero attached hydrogens (tertiary/aromatic N) is 2. The van der Waals surface area contributed by atoms with Crippen LogP contribution in [0, 0.1) is 0 Å². The maximum Gasteiger partial charge on any atom is 0.288 e. The second-order valence-corrected chi connectivity index (χ2v) is 3.43. The highest BCUT2D eigenvalue weighted by Crippen LogP contribution is 2.11. The van der Waals surface area contributed by atoms with Gasteiger partial charge in [-0.25, -0.2) is 4.98 Å². The van der Waals surface area contributed by atoms with E-state index in [4.69, 9.17) is 16.7 Å². The third-order valence-corrected chi connectivity index (χ3v) is 2.38. The number of hydrogen-bond acceptors (Lipinski definition) is 3. The van der Waals surface area contributed by atoms with E-state index in [1.165, 1.54) is 4.57 Å². The summed E-state index contributed by atoms with van der Waals surface area (Å²) in [6, 6.07) is 7.18. The molecule has 2 aromatic rings. The summed E-state index contributed by atoms with van der Waals surface area (Å²) >= 11 is 5.70. The standard InChI is InChI=1S/C10H9ClN2O2/c11-9-10(15)13(5-6-14)8-4-2-1-3-7(8)12-9/h1-4,14H,5-6H2. The van der Waals surface area contributed by atoms with Crippen LogP contribution >= 0.6 is 11.6 Å². The van der Waals surface area contributed by atoms with Crippen molar-refractivity contribution in [2.75, 3.05) is 6.61 Å². The van der Waals surface area contributed by atoms with Gasteiger partial charge in [-0.2, -0.15) is 0 Å². The summed E-state index contributed by atoms with van der Waals surface area (Å²) < 4.78 is 1.42. The molecule has 4 nitrogen and oxygen atoms in total. The van der Waals surface area contributed by atoms with E-state index in [1.54, 1.807) is 12.1 Å². The van der Waals surface area contributed by atoms with E-state index >= 15 is 0 Å². The molecular formula is C10H9ClN2O2. The molecule has 0 atom stereocenters. The number of aromatic nitrogens is 2. The molecule has 78 valence electrons. The van der Waals surface area contributed by atoms with Crippen molar-refractivity contribution >= 4 is 22.6 Å². The van der Waals surface area contributed by atoms with Crippen LogP contribution < -0.4 is 5.56 Å². The van der Waals surface area contributed by atoms with Gasteiger partial charge in [0.1, 0.15) is 0 Å². The van der Waals surface area contributed by atoms with Gasteiger partial charge in [-0.05, 0) is 12.1 Å². The largest absolute Gasteiger partial charge is 0.395 e. The molecular weight excluding hydrogens is 216 g/mol. The molecule has 0 amide bonds. The normalized spacial score (nSPS) is 10.8. The Morgan fingerprint density at radius 2 is 2.13 bits per heavy atom. The van der Waals surface area contributed by atoms with Gasteiger partial charge < -0.3 is 9.67 Å². The van der Waals surface area contributed by atoms with E-state index in [0.717, 1.165) is 0 Å². The first-order valence-corrected chi connectivity index (χ1v) is 4.88. The molecule has 0 aliphatic heterocycles. The molecule has 0 bridgehead atoms. The van der Waals surface area contributed by atoms with Gasteiger partial charge in [-0.1, -0.05) is 23.7 Å². The molecule has 15 heavy (non-hydrogen) atoms. The summed E-state index contributed by atoms with van der Waals surface area (Å²) in [6.45, 7) is 0.117. The summed E-state index contributed by atoms with van der Waals surface area (Å²) in [5.41, 5.74) is 0.959. The van der Waals surface area contributed by atoms with Crippen LogP contribution in [0.1, 0.15) is 0 Å². The first-order chi connectivity index (χ1) is 7.24. The number of hydrogen-bond donors (Lipinski definition) is 1. The summed E-state index contributed by atoms with van der Waals surface area (Å²) in [7, 11) is 0. The SMILES string of the molecule is O=c1c(Cl)nc2ccccc2n1CCO. The minimum absolute atomic E-state index is 0.0675. The van der Waals surface area contributed by atoms with Crippen LogP contribution in [0.25, 0.3) is 11.0 Å². The monoisotopic (exact) mass is 224 g/mol. The number of rotatable bonds is 2. The average Bonchev–Trinajstić information content (AvgIpc) is 2.25. The van der Waals surface area contributed by atoms with Gasteiger partial charge in [0.25, 0.3) is 5.56 Å². The fourth-order valence-corrected chi connectivity index (χ4v) is 1.68. The molecule has 1 heterocycles. The van der Waals surface area contributed by atoms with Crippen molar-refractivity contribution in [1.29, 1.82) is 0 Å². The van der Waals surface area contributed by atoms with Crippen molar-refractivity contribution in [3.8, 4) is 0 Å². The van der Waals surface area contributed by atoms with E-state index in [9.17, 15) is 4.79 Å². The second-order valence-electron chi connectivity index (χ2n) is 3.07. The first kappa shape index (κ1) is 10.1. The fraction of sp³-hybridized carbons (Fsp3) is 0.200. The molecule has 2 rings (SSSR count). The number of fused-ring (bicyclic) bond motifs is 1. The molecule has 1 aromatic heterocycles. The Morgan fingerprint density at radius 3 is 2.87 bits per heavy atom. The zero-order chi connectivity index (χ0) is 10.8. The molecule has 0 aliphatic rings. The van der Waals surface area contributed by atoms with Gasteiger partial charge in [0.15, 0.2) is 5.15 Å². The molecule has 5 heteroatoms. The Balaban J connectivity index is 2.83. The summed E-state index contributed by atoms with van der Waals surface area (Å²) in [5, 5.41) is 8.80. The van der Waals surface area contributed by atoms with Crippen LogP contribution in [0.3, 0.4) is 0 Å². The van der Waals surface area contributed by atoms with E-state index in [1.807, 2.05) is 12.1 Å². The van der Waals surface area contributed by atoms with Crippen LogP contribution in [0.4, 0.5) is 0 Å². The summed E-state index contributed by atoms with van der Waals surface area (Å²) in [4.78, 5) is 15.6. The van der Waals surface area contributed by atoms with Gasteiger partial charge in [-0.3, -0.25) is 4.79 Å². The summed E-state index contributed by atoms with van der Waals surface area (Å²) in [6.07, 6.45) is 0. The molecule has 0 unspecified atom stereocenters. The lowest BCUT2D eigenvalue weighted by molar-refractivity contribution is 0.276. The molecule has 0 fully saturated rings. The highest BCUT2D eigenvalue weighted by atomic mass is 35.5. The Morgan fingerprint density at radius 1 is 1.40 bits per heavy atom. The van der Waals surface area contributed by atoms with Gasteiger partial charge in [0.2, 0.25) is 0 Å². The summed E-state index contributed by atoms with van der Waals surface area (Å²) in [5.74, 6) is 0. The maximum absolute atomic E-state index is 11.6. The predicted molar refractivity (Wildman–Crippen MR) is 58.1 cm³/mol. The van der Waals surface area contributed by atoms with E-state index < -0.39 is 0 Å². The molecule has 1 N–H and O–H groups in total. The predicted octanol–water partition coefficient (Wildman–Crippen LogP) is 1.04. The maximum atomic E-state index is 11.6. The third-order valence-electron chi connectivity index (χ3n) is 2.14. The van der Waals surface area contributed by atoms with Crippen LogP contribution in [-0.2, 0) is 6.54 Å². The fourth-order valence-electron chi connectivity index (χ4n) is 1.48. The Labute approximate surface area is 90.8 Å². The van der Waals surface area contributed by atoms with Crippen molar-refractivity contribution in [2.45, 2.75) is 6.54 Å². The second kappa shape index (κ2) is 4.00. The molecule has 0 saturated carbocycles. The average molecular weight is 225 g/mol. The van der Waals surface area contributed by atoms with Gasteiger partial charge in [0.05, 0.1) is 17.6 Å². The van der Waals surface area contributed by atoms with Crippen LogP contribution in [0.15, 0.2) is 29.1 Å². The van der Waals surface area contributed by atoms with E-state index in [-0.39, 0.29) is 23.9 Å². The number of aliphatic hydroxyl groups excluding tert-OH is 1. The van der Waals surface area contributed by atoms with Crippen LogP contribution in [0.2, 0.25) is 5.15 Å². The van der Waals surface area contributed by atoms with Crippen molar-refractivity contribution in [2.24, 2.45) is 0 Å². The molecule has 0 aliphatic carbocycles. The van der Waals surface area contributed by atoms with Crippen molar-refractivity contribution < 1.29 is 5.11 Å². The topological polar surface area (TPSA) is 55.1 Å². The molecule has 1 aromatic carbocycles. The zero-order valence-electron chi connectivity index (χ0n) is 7.85. The quantitative estimate of drug-likeness (QED) is 0.830. The molecule has 0 radical (unpaired) electrons. The molecule has 0 spiro atoms. The van der Waals surface area contributed by atoms with E-state index in [0.29, 0.717) is 11.0 Å².